The molecule has 7 nitrogen and oxygen atoms in total. The van der Waals surface area contributed by atoms with Gasteiger partial charge < -0.3 is 23.9 Å². The molecule has 0 saturated heterocycles. The van der Waals surface area contributed by atoms with Crippen LogP contribution in [-0.4, -0.2) is 23.6 Å². The number of hydrogen-bond acceptors (Lipinski definition) is 6. The molecule has 1 aromatic heterocycles. The molecule has 1 N–H and O–H groups in total. The molecule has 4 rings (SSSR count). The molecule has 0 saturated carbocycles. The van der Waals surface area contributed by atoms with Crippen molar-refractivity contribution < 1.29 is 23.7 Å². The summed E-state index contributed by atoms with van der Waals surface area (Å²) in [4.78, 5) is 11.2. The van der Waals surface area contributed by atoms with E-state index < -0.39 is 5.82 Å². The Kier molecular flexibility index (Phi) is 3.96. The molecule has 3 aromatic rings. The van der Waals surface area contributed by atoms with Crippen molar-refractivity contribution in [1.82, 2.24) is 4.57 Å². The van der Waals surface area contributed by atoms with Gasteiger partial charge in [-0.3, -0.25) is 0 Å². The van der Waals surface area contributed by atoms with Crippen molar-refractivity contribution in [2.75, 3.05) is 13.9 Å². The molecule has 0 aliphatic carbocycles. The van der Waals surface area contributed by atoms with Crippen LogP contribution in [0.5, 0.6) is 17.4 Å². The van der Waals surface area contributed by atoms with E-state index in [1.54, 1.807) is 18.2 Å². The monoisotopic (exact) mass is 358 g/mol. The molecule has 1 aliphatic heterocycles. The van der Waals surface area contributed by atoms with Crippen molar-refractivity contribution in [3.05, 3.63) is 52.2 Å². The molecule has 1 aliphatic rings. The van der Waals surface area contributed by atoms with Gasteiger partial charge in [0.25, 0.3) is 0 Å². The smallest absolute Gasteiger partial charge is 0.222 e. The molecule has 0 fully saturated rings. The molecule has 0 unspecified atom stereocenters. The predicted molar refractivity (Wildman–Crippen MR) is 91.4 cm³/mol. The van der Waals surface area contributed by atoms with E-state index in [-0.39, 0.29) is 31.5 Å². The normalized spacial score (nSPS) is 13.3. The lowest BCUT2D eigenvalue weighted by Gasteiger charge is -2.21. The molecule has 2 aromatic carbocycles. The van der Waals surface area contributed by atoms with Crippen LogP contribution < -0.4 is 9.47 Å². The molecule has 0 radical (unpaired) electrons. The summed E-state index contributed by atoms with van der Waals surface area (Å²) in [7, 11) is 1.50. The van der Waals surface area contributed by atoms with Crippen LogP contribution in [0, 0.1) is 10.7 Å². The van der Waals surface area contributed by atoms with E-state index in [4.69, 9.17) is 14.2 Å². The molecular weight excluding hydrogens is 343 g/mol. The first kappa shape index (κ1) is 16.3. The molecular formula is C18H15FN2O5. The van der Waals surface area contributed by atoms with Gasteiger partial charge in [-0.2, -0.15) is 0 Å². The minimum atomic E-state index is -0.431. The van der Waals surface area contributed by atoms with Crippen molar-refractivity contribution in [3.8, 4) is 17.4 Å². The lowest BCUT2D eigenvalue weighted by atomic mass is 10.1. The van der Waals surface area contributed by atoms with Crippen LogP contribution in [0.25, 0.3) is 10.9 Å². The van der Waals surface area contributed by atoms with Crippen LogP contribution in [0.4, 0.5) is 10.1 Å². The fraction of sp³-hybridized carbons (Fsp3) is 0.222. The number of nitroso groups, excluding NO2 is 1. The largest absolute Gasteiger partial charge is 0.497 e. The first-order valence-electron chi connectivity index (χ1n) is 7.86. The zero-order valence-electron chi connectivity index (χ0n) is 13.9. The third-order valence-corrected chi connectivity index (χ3v) is 4.39. The minimum Gasteiger partial charge on any atom is -0.497 e. The number of fused-ring (bicyclic) bond motifs is 2. The highest BCUT2D eigenvalue weighted by Gasteiger charge is 2.22. The Labute approximate surface area is 147 Å². The number of aromatic hydroxyl groups is 1. The average molecular weight is 358 g/mol. The van der Waals surface area contributed by atoms with Crippen molar-refractivity contribution >= 4 is 16.6 Å². The van der Waals surface area contributed by atoms with E-state index in [2.05, 4.69) is 5.18 Å². The summed E-state index contributed by atoms with van der Waals surface area (Å²) in [5, 5.41) is 13.9. The van der Waals surface area contributed by atoms with Crippen LogP contribution in [0.3, 0.4) is 0 Å². The van der Waals surface area contributed by atoms with Crippen LogP contribution in [-0.2, 0) is 17.9 Å². The zero-order valence-corrected chi connectivity index (χ0v) is 13.9. The van der Waals surface area contributed by atoms with Crippen molar-refractivity contribution in [2.24, 2.45) is 5.18 Å². The Balaban J connectivity index is 1.87. The number of methoxy groups -OCH3 is 1. The van der Waals surface area contributed by atoms with Gasteiger partial charge in [0.05, 0.1) is 25.8 Å². The van der Waals surface area contributed by atoms with Gasteiger partial charge in [0.2, 0.25) is 5.88 Å². The van der Waals surface area contributed by atoms with E-state index in [0.29, 0.717) is 33.5 Å². The van der Waals surface area contributed by atoms with E-state index in [1.807, 2.05) is 0 Å². The van der Waals surface area contributed by atoms with Gasteiger partial charge in [0.1, 0.15) is 17.3 Å². The summed E-state index contributed by atoms with van der Waals surface area (Å²) >= 11 is 0. The Bertz CT molecular complexity index is 1010. The Morgan fingerprint density at radius 1 is 1.35 bits per heavy atom. The Hall–Kier alpha value is -3.13. The molecule has 0 bridgehead atoms. The van der Waals surface area contributed by atoms with Crippen LogP contribution in [0.1, 0.15) is 11.1 Å². The Morgan fingerprint density at radius 3 is 2.96 bits per heavy atom. The first-order chi connectivity index (χ1) is 12.6. The summed E-state index contributed by atoms with van der Waals surface area (Å²) in [5.41, 5.74) is 1.61. The summed E-state index contributed by atoms with van der Waals surface area (Å²) in [6, 6.07) is 7.73. The molecule has 134 valence electrons. The second-order valence-electron chi connectivity index (χ2n) is 5.90. The van der Waals surface area contributed by atoms with Gasteiger partial charge in [0, 0.05) is 16.5 Å². The highest BCUT2D eigenvalue weighted by molar-refractivity contribution is 5.96. The molecule has 8 heteroatoms. The number of rotatable bonds is 4. The highest BCUT2D eigenvalue weighted by atomic mass is 19.1. The second-order valence-corrected chi connectivity index (χ2v) is 5.90. The number of halogens is 1. The first-order valence-corrected chi connectivity index (χ1v) is 7.86. The highest BCUT2D eigenvalue weighted by Crippen LogP contribution is 2.41. The van der Waals surface area contributed by atoms with Crippen molar-refractivity contribution in [2.45, 2.75) is 13.2 Å². The maximum absolute atomic E-state index is 14.0. The molecule has 0 atom stereocenters. The van der Waals surface area contributed by atoms with Crippen LogP contribution in [0.15, 0.2) is 35.5 Å². The SMILES string of the molecule is COc1ccc2c(c1)c(N=O)c(O)n2Cc1cc(F)cc2c1OCOC2. The third kappa shape index (κ3) is 2.55. The minimum absolute atomic E-state index is 0.0718. The van der Waals surface area contributed by atoms with Gasteiger partial charge in [-0.1, -0.05) is 0 Å². The van der Waals surface area contributed by atoms with Gasteiger partial charge in [0.15, 0.2) is 12.5 Å². The third-order valence-electron chi connectivity index (χ3n) is 4.39. The van der Waals surface area contributed by atoms with Gasteiger partial charge in [-0.15, -0.1) is 4.91 Å². The fourth-order valence-electron chi connectivity index (χ4n) is 3.22. The predicted octanol–water partition coefficient (Wildman–Crippen LogP) is 3.81. The molecule has 0 spiro atoms. The summed E-state index contributed by atoms with van der Waals surface area (Å²) in [5.74, 6) is 0.323. The maximum Gasteiger partial charge on any atom is 0.222 e. The number of ether oxygens (including phenoxy) is 3. The standard InChI is InChI=1S/C18H15FN2O5/c1-24-13-2-3-15-14(6-13)16(20-23)18(22)21(15)7-10-4-12(19)5-11-8-25-9-26-17(10)11/h2-6,22H,7-9H2,1H3. The maximum atomic E-state index is 14.0. The number of nitrogens with zero attached hydrogens (tertiary/aromatic N) is 2. The van der Waals surface area contributed by atoms with Crippen LogP contribution >= 0.6 is 0 Å². The van der Waals surface area contributed by atoms with Crippen molar-refractivity contribution in [3.63, 3.8) is 0 Å². The topological polar surface area (TPSA) is 82.3 Å². The summed E-state index contributed by atoms with van der Waals surface area (Å²) < 4.78 is 31.3. The van der Waals surface area contributed by atoms with E-state index >= 15 is 0 Å². The van der Waals surface area contributed by atoms with Gasteiger partial charge in [-0.25, -0.2) is 4.39 Å². The molecule has 0 amide bonds. The summed E-state index contributed by atoms with van der Waals surface area (Å²) in [6.45, 7) is 0.420. The van der Waals surface area contributed by atoms with Crippen LogP contribution in [0.2, 0.25) is 0 Å². The van der Waals surface area contributed by atoms with Crippen molar-refractivity contribution in [1.29, 1.82) is 0 Å². The van der Waals surface area contributed by atoms with E-state index in [9.17, 15) is 14.4 Å². The quantitative estimate of drug-likeness (QED) is 0.717. The zero-order chi connectivity index (χ0) is 18.3. The lowest BCUT2D eigenvalue weighted by molar-refractivity contribution is -0.0173. The molecule has 2 heterocycles. The lowest BCUT2D eigenvalue weighted by Crippen LogP contribution is -2.14. The van der Waals surface area contributed by atoms with Gasteiger partial charge >= 0.3 is 0 Å². The summed E-state index contributed by atoms with van der Waals surface area (Å²) in [6.07, 6.45) is 0. The number of benzene rings is 2. The average Bonchev–Trinajstić information content (AvgIpc) is 2.92. The van der Waals surface area contributed by atoms with E-state index in [1.165, 1.54) is 23.8 Å². The molecule has 26 heavy (non-hydrogen) atoms. The number of hydrogen-bond donors (Lipinski definition) is 1. The van der Waals surface area contributed by atoms with Gasteiger partial charge in [-0.05, 0) is 35.5 Å². The number of aromatic nitrogens is 1. The van der Waals surface area contributed by atoms with E-state index in [0.717, 1.165) is 0 Å². The second kappa shape index (κ2) is 6.30. The Morgan fingerprint density at radius 2 is 2.19 bits per heavy atom. The fourth-order valence-corrected chi connectivity index (χ4v) is 3.22.